The third-order valence-electron chi connectivity index (χ3n) is 2.60. The third-order valence-corrected chi connectivity index (χ3v) is 4.52. The minimum Gasteiger partial charge on any atom is -0.327 e. The number of aromatic amines is 1. The van der Waals surface area contributed by atoms with Gasteiger partial charge in [-0.2, -0.15) is 0 Å². The maximum absolute atomic E-state index is 11.5. The number of rotatable bonds is 4. The zero-order valence-corrected chi connectivity index (χ0v) is 12.0. The van der Waals surface area contributed by atoms with Crippen molar-refractivity contribution in [2.75, 3.05) is 0 Å². The third kappa shape index (κ3) is 3.35. The van der Waals surface area contributed by atoms with Crippen LogP contribution in [0.2, 0.25) is 0 Å². The van der Waals surface area contributed by atoms with Crippen molar-refractivity contribution in [2.24, 2.45) is 11.1 Å². The Morgan fingerprint density at radius 1 is 1.53 bits per heavy atom. The second-order valence-corrected chi connectivity index (χ2v) is 6.43. The van der Waals surface area contributed by atoms with Crippen molar-refractivity contribution in [2.45, 2.75) is 57.6 Å². The molecule has 0 saturated heterocycles. The van der Waals surface area contributed by atoms with Crippen molar-refractivity contribution in [3.63, 3.8) is 0 Å². The van der Waals surface area contributed by atoms with E-state index < -0.39 is 0 Å². The summed E-state index contributed by atoms with van der Waals surface area (Å²) in [7, 11) is 0. The molecule has 0 aliphatic heterocycles. The van der Waals surface area contributed by atoms with Gasteiger partial charge in [0, 0.05) is 17.8 Å². The van der Waals surface area contributed by atoms with Gasteiger partial charge in [0.25, 0.3) is 0 Å². The van der Waals surface area contributed by atoms with E-state index in [0.29, 0.717) is 6.54 Å². The molecule has 0 radical (unpaired) electrons. The normalized spacial score (nSPS) is 15.9. The number of nitrogens with zero attached hydrogens (tertiary/aromatic N) is 2. The number of aromatic nitrogens is 3. The van der Waals surface area contributed by atoms with E-state index in [1.54, 1.807) is 16.3 Å². The van der Waals surface area contributed by atoms with Gasteiger partial charge in [-0.3, -0.25) is 4.57 Å². The lowest BCUT2D eigenvalue weighted by Crippen LogP contribution is -2.39. The first kappa shape index (κ1) is 14.3. The summed E-state index contributed by atoms with van der Waals surface area (Å²) in [5, 5.41) is 7.46. The molecular formula is C11H22N4OS. The molecule has 0 aromatic carbocycles. The van der Waals surface area contributed by atoms with Gasteiger partial charge in [0.2, 0.25) is 0 Å². The number of nitrogens with one attached hydrogen (secondary N) is 1. The van der Waals surface area contributed by atoms with Gasteiger partial charge in [-0.15, -0.1) is 5.10 Å². The minimum absolute atomic E-state index is 0.0390. The van der Waals surface area contributed by atoms with Crippen molar-refractivity contribution in [3.8, 4) is 0 Å². The number of H-pyrrole nitrogens is 1. The van der Waals surface area contributed by atoms with Crippen LogP contribution < -0.4 is 11.4 Å². The number of nitrogens with two attached hydrogens (primary N) is 1. The smallest absolute Gasteiger partial charge is 0.327 e. The molecule has 2 unspecified atom stereocenters. The van der Waals surface area contributed by atoms with Gasteiger partial charge in [0.15, 0.2) is 5.16 Å². The van der Waals surface area contributed by atoms with Gasteiger partial charge in [0.1, 0.15) is 0 Å². The van der Waals surface area contributed by atoms with E-state index in [1.165, 1.54) is 0 Å². The topological polar surface area (TPSA) is 76.7 Å². The van der Waals surface area contributed by atoms with Crippen molar-refractivity contribution in [1.82, 2.24) is 14.8 Å². The number of hydrogen-bond acceptors (Lipinski definition) is 4. The van der Waals surface area contributed by atoms with Crippen molar-refractivity contribution in [3.05, 3.63) is 10.5 Å². The molecule has 1 heterocycles. The fourth-order valence-electron chi connectivity index (χ4n) is 1.86. The second-order valence-electron chi connectivity index (χ2n) is 5.32. The molecule has 6 heteroatoms. The lowest BCUT2D eigenvalue weighted by Gasteiger charge is -2.32. The predicted molar refractivity (Wildman–Crippen MR) is 71.3 cm³/mol. The van der Waals surface area contributed by atoms with Crippen LogP contribution in [0.5, 0.6) is 0 Å². The Morgan fingerprint density at radius 2 is 2.12 bits per heavy atom. The first-order valence-corrected chi connectivity index (χ1v) is 6.72. The molecule has 3 N–H and O–H groups in total. The van der Waals surface area contributed by atoms with Crippen molar-refractivity contribution < 1.29 is 0 Å². The molecule has 1 aromatic heterocycles. The summed E-state index contributed by atoms with van der Waals surface area (Å²) in [6.07, 6.45) is 0. The maximum atomic E-state index is 11.5. The molecule has 0 aliphatic carbocycles. The highest BCUT2D eigenvalue weighted by atomic mass is 32.2. The minimum atomic E-state index is -0.160. The summed E-state index contributed by atoms with van der Waals surface area (Å²) < 4.78 is 1.63. The van der Waals surface area contributed by atoms with Crippen LogP contribution in [0.1, 0.15) is 34.6 Å². The molecule has 0 amide bonds. The van der Waals surface area contributed by atoms with Crippen LogP contribution in [0, 0.1) is 5.41 Å². The molecule has 0 fully saturated rings. The Balaban J connectivity index is 2.98. The van der Waals surface area contributed by atoms with Crippen molar-refractivity contribution in [1.29, 1.82) is 0 Å². The zero-order chi connectivity index (χ0) is 13.2. The molecule has 98 valence electrons. The van der Waals surface area contributed by atoms with E-state index in [2.05, 4.69) is 31.0 Å². The predicted octanol–water partition coefficient (Wildman–Crippen LogP) is 1.45. The quantitative estimate of drug-likeness (QED) is 0.801. The Kier molecular flexibility index (Phi) is 4.43. The first-order chi connectivity index (χ1) is 7.77. The lowest BCUT2D eigenvalue weighted by atomic mass is 9.88. The molecule has 0 aliphatic rings. The van der Waals surface area contributed by atoms with E-state index in [1.807, 2.05) is 13.8 Å². The summed E-state index contributed by atoms with van der Waals surface area (Å²) in [5.41, 5.74) is 5.92. The Bertz CT molecular complexity index is 416. The highest BCUT2D eigenvalue weighted by molar-refractivity contribution is 7.99. The highest BCUT2D eigenvalue weighted by Crippen LogP contribution is 2.35. The van der Waals surface area contributed by atoms with Crippen LogP contribution in [0.4, 0.5) is 0 Å². The molecular weight excluding hydrogens is 236 g/mol. The zero-order valence-electron chi connectivity index (χ0n) is 11.2. The van der Waals surface area contributed by atoms with Gasteiger partial charge >= 0.3 is 5.69 Å². The summed E-state index contributed by atoms with van der Waals surface area (Å²) in [4.78, 5) is 11.5. The van der Waals surface area contributed by atoms with Gasteiger partial charge in [-0.25, -0.2) is 9.89 Å². The monoisotopic (exact) mass is 258 g/mol. The molecule has 0 saturated carbocycles. The summed E-state index contributed by atoms with van der Waals surface area (Å²) in [6.45, 7) is 11.0. The summed E-state index contributed by atoms with van der Waals surface area (Å²) in [5.74, 6) is 0. The lowest BCUT2D eigenvalue weighted by molar-refractivity contribution is 0.362. The first-order valence-electron chi connectivity index (χ1n) is 5.84. The van der Waals surface area contributed by atoms with Gasteiger partial charge < -0.3 is 5.73 Å². The largest absolute Gasteiger partial charge is 0.343 e. The molecule has 17 heavy (non-hydrogen) atoms. The van der Waals surface area contributed by atoms with Crippen molar-refractivity contribution >= 4 is 11.8 Å². The highest BCUT2D eigenvalue weighted by Gasteiger charge is 2.30. The standard InChI is InChI=1S/C11H22N4OS/c1-6-15-9(16)13-14-10(15)17-8(7(2)12)11(3,4)5/h7-8H,6,12H2,1-5H3,(H,13,16). The fourth-order valence-corrected chi connectivity index (χ4v) is 3.09. The maximum Gasteiger partial charge on any atom is 0.343 e. The molecule has 2 atom stereocenters. The Labute approximate surface area is 106 Å². The average molecular weight is 258 g/mol. The van der Waals surface area contributed by atoms with Crippen LogP contribution >= 0.6 is 11.8 Å². The second kappa shape index (κ2) is 5.27. The van der Waals surface area contributed by atoms with Crippen LogP contribution in [-0.4, -0.2) is 26.1 Å². The Hall–Kier alpha value is -0.750. The summed E-state index contributed by atoms with van der Waals surface area (Å²) >= 11 is 1.57. The molecule has 1 rings (SSSR count). The average Bonchev–Trinajstić information content (AvgIpc) is 2.53. The molecule has 0 spiro atoms. The van der Waals surface area contributed by atoms with E-state index in [0.717, 1.165) is 5.16 Å². The number of hydrogen-bond donors (Lipinski definition) is 2. The van der Waals surface area contributed by atoms with E-state index in [4.69, 9.17) is 5.73 Å². The van der Waals surface area contributed by atoms with E-state index in [9.17, 15) is 4.79 Å². The van der Waals surface area contributed by atoms with Crippen LogP contribution in [-0.2, 0) is 6.54 Å². The van der Waals surface area contributed by atoms with Crippen LogP contribution in [0.3, 0.4) is 0 Å². The van der Waals surface area contributed by atoms with Crippen LogP contribution in [0.15, 0.2) is 9.95 Å². The number of thioether (sulfide) groups is 1. The van der Waals surface area contributed by atoms with Gasteiger partial charge in [0.05, 0.1) is 0 Å². The van der Waals surface area contributed by atoms with Gasteiger partial charge in [-0.05, 0) is 19.3 Å². The SMILES string of the molecule is CCn1c(SC(C(C)N)C(C)(C)C)n[nH]c1=O. The van der Waals surface area contributed by atoms with E-state index >= 15 is 0 Å². The van der Waals surface area contributed by atoms with Gasteiger partial charge in [-0.1, -0.05) is 32.5 Å². The fraction of sp³-hybridized carbons (Fsp3) is 0.818. The summed E-state index contributed by atoms with van der Waals surface area (Å²) in [6, 6.07) is 0.0390. The Morgan fingerprint density at radius 3 is 2.53 bits per heavy atom. The molecule has 5 nitrogen and oxygen atoms in total. The molecule has 1 aromatic rings. The molecule has 0 bridgehead atoms. The van der Waals surface area contributed by atoms with E-state index in [-0.39, 0.29) is 22.4 Å². The van der Waals surface area contributed by atoms with Crippen LogP contribution in [0.25, 0.3) is 0 Å².